The Morgan fingerprint density at radius 2 is 2.08 bits per heavy atom. The zero-order valence-corrected chi connectivity index (χ0v) is 7.52. The molecule has 1 aliphatic heterocycles. The van der Waals surface area contributed by atoms with Crippen molar-refractivity contribution in [3.63, 3.8) is 0 Å². The molecule has 68 valence electrons. The van der Waals surface area contributed by atoms with Gasteiger partial charge in [-0.3, -0.25) is 14.5 Å². The summed E-state index contributed by atoms with van der Waals surface area (Å²) in [5, 5.41) is 0. The molecule has 0 N–H and O–H groups in total. The second-order valence-corrected chi connectivity index (χ2v) is 3.18. The Labute approximate surface area is 75.8 Å². The number of amides is 2. The van der Waals surface area contributed by atoms with Crippen molar-refractivity contribution in [2.24, 2.45) is 0 Å². The normalized spacial score (nSPS) is 22.0. The van der Waals surface area contributed by atoms with Gasteiger partial charge in [0.2, 0.25) is 0 Å². The van der Waals surface area contributed by atoms with Crippen LogP contribution < -0.4 is 0 Å². The summed E-state index contributed by atoms with van der Waals surface area (Å²) in [6.45, 7) is 1.79. The summed E-state index contributed by atoms with van der Waals surface area (Å²) in [6, 6.07) is 3.23. The van der Waals surface area contributed by atoms with Gasteiger partial charge in [0.15, 0.2) is 0 Å². The third kappa shape index (κ3) is 0.915. The number of rotatable bonds is 0. The van der Waals surface area contributed by atoms with E-state index in [9.17, 15) is 9.59 Å². The molecule has 2 amide bonds. The Morgan fingerprint density at radius 1 is 1.38 bits per heavy atom. The molecule has 4 nitrogen and oxygen atoms in total. The first-order chi connectivity index (χ1) is 6.13. The molecular formula is C9H10N2O2. The molecule has 1 aromatic rings. The second kappa shape index (κ2) is 2.45. The highest BCUT2D eigenvalue weighted by molar-refractivity contribution is 6.07. The maximum absolute atomic E-state index is 11.5. The van der Waals surface area contributed by atoms with E-state index in [4.69, 9.17) is 0 Å². The lowest BCUT2D eigenvalue weighted by molar-refractivity contribution is -0.131. The molecule has 4 heteroatoms. The van der Waals surface area contributed by atoms with E-state index < -0.39 is 0 Å². The number of carbonyl (C=O) groups excluding carboxylic acids is 2. The molecule has 0 saturated carbocycles. The van der Waals surface area contributed by atoms with Gasteiger partial charge in [0.05, 0.1) is 0 Å². The van der Waals surface area contributed by atoms with Gasteiger partial charge in [-0.25, -0.2) is 0 Å². The molecular weight excluding hydrogens is 168 g/mol. The van der Waals surface area contributed by atoms with E-state index in [1.165, 1.54) is 11.9 Å². The first-order valence-electron chi connectivity index (χ1n) is 4.11. The van der Waals surface area contributed by atoms with Gasteiger partial charge < -0.3 is 4.57 Å². The minimum atomic E-state index is -0.271. The Kier molecular flexibility index (Phi) is 1.52. The van der Waals surface area contributed by atoms with E-state index in [2.05, 4.69) is 0 Å². The summed E-state index contributed by atoms with van der Waals surface area (Å²) < 4.78 is 1.70. The van der Waals surface area contributed by atoms with Crippen LogP contribution in [0.3, 0.4) is 0 Å². The molecule has 0 spiro atoms. The van der Waals surface area contributed by atoms with E-state index in [-0.39, 0.29) is 17.9 Å². The third-order valence-corrected chi connectivity index (χ3v) is 2.41. The monoisotopic (exact) mass is 178 g/mol. The molecule has 0 bridgehead atoms. The highest BCUT2D eigenvalue weighted by atomic mass is 16.2. The van der Waals surface area contributed by atoms with Crippen LogP contribution in [0, 0.1) is 0 Å². The van der Waals surface area contributed by atoms with Gasteiger partial charge >= 0.3 is 0 Å². The predicted octanol–water partition coefficient (Wildman–Crippen LogP) is 0.661. The van der Waals surface area contributed by atoms with Crippen molar-refractivity contribution in [2.75, 3.05) is 7.05 Å². The average molecular weight is 178 g/mol. The maximum atomic E-state index is 11.5. The van der Waals surface area contributed by atoms with Gasteiger partial charge in [-0.05, 0) is 19.1 Å². The van der Waals surface area contributed by atoms with Crippen molar-refractivity contribution in [3.8, 4) is 0 Å². The fraction of sp³-hybridized carbons (Fsp3) is 0.333. The Morgan fingerprint density at radius 3 is 2.77 bits per heavy atom. The van der Waals surface area contributed by atoms with E-state index in [0.29, 0.717) is 5.69 Å². The van der Waals surface area contributed by atoms with Crippen LogP contribution in [-0.4, -0.2) is 28.3 Å². The number of aromatic nitrogens is 1. The number of likely N-dealkylation sites (N-methyl/N-ethyl adjacent to an activating group) is 1. The van der Waals surface area contributed by atoms with Crippen molar-refractivity contribution in [3.05, 3.63) is 24.0 Å². The summed E-state index contributed by atoms with van der Waals surface area (Å²) in [7, 11) is 1.51. The van der Waals surface area contributed by atoms with Crippen LogP contribution in [0.15, 0.2) is 18.3 Å². The Bertz CT molecular complexity index is 381. The summed E-state index contributed by atoms with van der Waals surface area (Å²) in [6.07, 6.45) is 1.75. The zero-order chi connectivity index (χ0) is 9.59. The standard InChI is InChI=1S/C9H10N2O2/c1-6-8(12)10(2)9(13)7-4-3-5-11(6)7/h3-6H,1-2H3/t6-/m1/s1. The second-order valence-electron chi connectivity index (χ2n) is 3.18. The third-order valence-electron chi connectivity index (χ3n) is 2.41. The topological polar surface area (TPSA) is 42.3 Å². The van der Waals surface area contributed by atoms with Crippen molar-refractivity contribution < 1.29 is 9.59 Å². The van der Waals surface area contributed by atoms with Crippen LogP contribution in [0.25, 0.3) is 0 Å². The lowest BCUT2D eigenvalue weighted by atomic mass is 10.2. The van der Waals surface area contributed by atoms with Crippen LogP contribution in [0.1, 0.15) is 23.5 Å². The first-order valence-corrected chi connectivity index (χ1v) is 4.11. The number of nitrogens with zero attached hydrogens (tertiary/aromatic N) is 2. The first kappa shape index (κ1) is 8.04. The van der Waals surface area contributed by atoms with Gasteiger partial charge in [0, 0.05) is 13.2 Å². The predicted molar refractivity (Wildman–Crippen MR) is 46.2 cm³/mol. The lowest BCUT2D eigenvalue weighted by Gasteiger charge is -2.27. The van der Waals surface area contributed by atoms with Crippen LogP contribution in [0.4, 0.5) is 0 Å². The maximum Gasteiger partial charge on any atom is 0.276 e. The van der Waals surface area contributed by atoms with Crippen molar-refractivity contribution in [1.82, 2.24) is 9.47 Å². The fourth-order valence-corrected chi connectivity index (χ4v) is 1.58. The molecule has 0 fully saturated rings. The SMILES string of the molecule is C[C@@H]1C(=O)N(C)C(=O)c2cccn21. The smallest absolute Gasteiger partial charge is 0.276 e. The summed E-state index contributed by atoms with van der Waals surface area (Å²) in [5.74, 6) is -0.387. The minimum Gasteiger partial charge on any atom is -0.331 e. The molecule has 0 aromatic carbocycles. The molecule has 2 heterocycles. The molecule has 0 unspecified atom stereocenters. The molecule has 0 radical (unpaired) electrons. The quantitative estimate of drug-likeness (QED) is 0.548. The molecule has 1 aromatic heterocycles. The Balaban J connectivity index is 2.59. The minimum absolute atomic E-state index is 0.159. The number of fused-ring (bicyclic) bond motifs is 1. The van der Waals surface area contributed by atoms with Crippen LogP contribution in [-0.2, 0) is 4.79 Å². The largest absolute Gasteiger partial charge is 0.331 e. The van der Waals surface area contributed by atoms with Gasteiger partial charge in [0.1, 0.15) is 11.7 Å². The van der Waals surface area contributed by atoms with Crippen molar-refractivity contribution >= 4 is 11.8 Å². The van der Waals surface area contributed by atoms with Gasteiger partial charge in [0.25, 0.3) is 11.8 Å². The van der Waals surface area contributed by atoms with Gasteiger partial charge in [-0.15, -0.1) is 0 Å². The van der Waals surface area contributed by atoms with Crippen LogP contribution in [0.5, 0.6) is 0 Å². The lowest BCUT2D eigenvalue weighted by Crippen LogP contribution is -2.43. The molecule has 13 heavy (non-hydrogen) atoms. The van der Waals surface area contributed by atoms with Gasteiger partial charge in [-0.2, -0.15) is 0 Å². The Hall–Kier alpha value is -1.58. The number of carbonyl (C=O) groups is 2. The van der Waals surface area contributed by atoms with Crippen molar-refractivity contribution in [1.29, 1.82) is 0 Å². The van der Waals surface area contributed by atoms with E-state index in [1.807, 2.05) is 0 Å². The van der Waals surface area contributed by atoms with Crippen LogP contribution in [0.2, 0.25) is 0 Å². The molecule has 1 aliphatic rings. The molecule has 0 aliphatic carbocycles. The number of hydrogen-bond donors (Lipinski definition) is 0. The number of imide groups is 1. The molecule has 0 saturated heterocycles. The highest BCUT2D eigenvalue weighted by Gasteiger charge is 2.32. The van der Waals surface area contributed by atoms with E-state index >= 15 is 0 Å². The van der Waals surface area contributed by atoms with Crippen molar-refractivity contribution in [2.45, 2.75) is 13.0 Å². The van der Waals surface area contributed by atoms with E-state index in [1.54, 1.807) is 29.8 Å². The van der Waals surface area contributed by atoms with Crippen LogP contribution >= 0.6 is 0 Å². The van der Waals surface area contributed by atoms with Gasteiger partial charge in [-0.1, -0.05) is 0 Å². The fourth-order valence-electron chi connectivity index (χ4n) is 1.58. The average Bonchev–Trinajstić information content (AvgIpc) is 2.59. The summed E-state index contributed by atoms with van der Waals surface area (Å²) >= 11 is 0. The van der Waals surface area contributed by atoms with E-state index in [0.717, 1.165) is 0 Å². The molecule has 2 rings (SSSR count). The summed E-state index contributed by atoms with van der Waals surface area (Å²) in [5.41, 5.74) is 0.578. The summed E-state index contributed by atoms with van der Waals surface area (Å²) in [4.78, 5) is 24.2. The highest BCUT2D eigenvalue weighted by Crippen LogP contribution is 2.20. The molecule has 1 atom stereocenters. The zero-order valence-electron chi connectivity index (χ0n) is 7.52. The number of hydrogen-bond acceptors (Lipinski definition) is 2.